The molecule has 6 nitrogen and oxygen atoms in total. The second-order valence-electron chi connectivity index (χ2n) is 7.69. The summed E-state index contributed by atoms with van der Waals surface area (Å²) in [5.74, 6) is 0.208. The molecular weight excluding hydrogens is 322 g/mol. The first-order valence-corrected chi connectivity index (χ1v) is 9.93. The molecule has 1 aromatic heterocycles. The molecule has 1 aliphatic heterocycles. The third kappa shape index (κ3) is 4.06. The smallest absolute Gasteiger partial charge is 0.225 e. The first kappa shape index (κ1) is 17.6. The van der Waals surface area contributed by atoms with Crippen LogP contribution < -0.4 is 11.1 Å². The quantitative estimate of drug-likeness (QED) is 0.871. The van der Waals surface area contributed by atoms with E-state index in [1.807, 2.05) is 13.8 Å². The minimum atomic E-state index is -0.528. The van der Waals surface area contributed by atoms with Gasteiger partial charge in [0.2, 0.25) is 11.0 Å². The molecule has 0 spiro atoms. The molecule has 0 radical (unpaired) electrons. The predicted octanol–water partition coefficient (Wildman–Crippen LogP) is 2.52. The Morgan fingerprint density at radius 1 is 1.21 bits per heavy atom. The maximum atomic E-state index is 12.8. The van der Waals surface area contributed by atoms with E-state index in [9.17, 15) is 4.79 Å². The van der Waals surface area contributed by atoms with Gasteiger partial charge in [-0.25, -0.2) is 0 Å². The van der Waals surface area contributed by atoms with Gasteiger partial charge in [0.05, 0.1) is 11.5 Å². The number of nitrogens with two attached hydrogens (primary N) is 1. The summed E-state index contributed by atoms with van der Waals surface area (Å²) in [5, 5.41) is 12.3. The van der Waals surface area contributed by atoms with Gasteiger partial charge >= 0.3 is 0 Å². The molecule has 1 unspecified atom stereocenters. The first-order chi connectivity index (χ1) is 11.5. The second kappa shape index (κ2) is 7.35. The minimum absolute atomic E-state index is 0.0743. The lowest BCUT2D eigenvalue weighted by Gasteiger charge is -2.40. The number of carbonyl (C=O) groups is 1. The van der Waals surface area contributed by atoms with Crippen LogP contribution in [0.1, 0.15) is 63.8 Å². The van der Waals surface area contributed by atoms with E-state index < -0.39 is 5.54 Å². The van der Waals surface area contributed by atoms with Crippen molar-refractivity contribution < 1.29 is 4.79 Å². The molecule has 3 N–H and O–H groups in total. The summed E-state index contributed by atoms with van der Waals surface area (Å²) in [6.07, 6.45) is 8.72. The van der Waals surface area contributed by atoms with Crippen LogP contribution in [-0.2, 0) is 10.3 Å². The van der Waals surface area contributed by atoms with Gasteiger partial charge in [-0.3, -0.25) is 9.69 Å². The first-order valence-electron chi connectivity index (χ1n) is 9.11. The fraction of sp³-hybridized carbons (Fsp3) is 0.824. The summed E-state index contributed by atoms with van der Waals surface area (Å²) in [7, 11) is 0. The third-order valence-corrected chi connectivity index (χ3v) is 6.40. The average molecular weight is 352 g/mol. The number of amides is 1. The zero-order valence-corrected chi connectivity index (χ0v) is 15.6. The van der Waals surface area contributed by atoms with Gasteiger partial charge in [-0.2, -0.15) is 0 Å². The van der Waals surface area contributed by atoms with Gasteiger partial charge in [-0.05, 0) is 46.1 Å². The van der Waals surface area contributed by atoms with Crippen LogP contribution >= 0.6 is 11.3 Å². The van der Waals surface area contributed by atoms with Crippen molar-refractivity contribution in [2.45, 2.75) is 70.4 Å². The second-order valence-corrected chi connectivity index (χ2v) is 8.69. The molecule has 134 valence electrons. The van der Waals surface area contributed by atoms with Crippen molar-refractivity contribution >= 4 is 22.4 Å². The lowest BCUT2D eigenvalue weighted by Crippen LogP contribution is -2.50. The van der Waals surface area contributed by atoms with Crippen LogP contribution in [0.25, 0.3) is 0 Å². The molecule has 2 fully saturated rings. The average Bonchev–Trinajstić information content (AvgIpc) is 3.03. The molecule has 2 aliphatic rings. The maximum absolute atomic E-state index is 12.8. The topological polar surface area (TPSA) is 84.1 Å². The minimum Gasteiger partial charge on any atom is -0.374 e. The van der Waals surface area contributed by atoms with E-state index >= 15 is 0 Å². The summed E-state index contributed by atoms with van der Waals surface area (Å²) < 4.78 is 0. The molecule has 1 amide bonds. The highest BCUT2D eigenvalue weighted by molar-refractivity contribution is 7.15. The van der Waals surface area contributed by atoms with Crippen LogP contribution in [0.3, 0.4) is 0 Å². The van der Waals surface area contributed by atoms with Crippen LogP contribution in [-0.4, -0.2) is 40.1 Å². The van der Waals surface area contributed by atoms with Crippen molar-refractivity contribution in [1.29, 1.82) is 0 Å². The molecule has 3 rings (SSSR count). The Morgan fingerprint density at radius 2 is 1.96 bits per heavy atom. The van der Waals surface area contributed by atoms with Gasteiger partial charge < -0.3 is 11.1 Å². The Kier molecular flexibility index (Phi) is 5.39. The van der Waals surface area contributed by atoms with Crippen LogP contribution in [0.2, 0.25) is 0 Å². The van der Waals surface area contributed by atoms with Crippen molar-refractivity contribution in [3.63, 3.8) is 0 Å². The van der Waals surface area contributed by atoms with E-state index in [0.29, 0.717) is 11.2 Å². The number of nitrogens with one attached hydrogen (secondary N) is 1. The van der Waals surface area contributed by atoms with Gasteiger partial charge in [0, 0.05) is 12.6 Å². The van der Waals surface area contributed by atoms with Crippen molar-refractivity contribution in [3.8, 4) is 0 Å². The molecule has 1 aromatic rings. The summed E-state index contributed by atoms with van der Waals surface area (Å²) >= 11 is 1.34. The molecule has 24 heavy (non-hydrogen) atoms. The molecule has 0 bridgehead atoms. The Morgan fingerprint density at radius 3 is 2.62 bits per heavy atom. The predicted molar refractivity (Wildman–Crippen MR) is 96.7 cm³/mol. The molecule has 1 saturated carbocycles. The van der Waals surface area contributed by atoms with Crippen LogP contribution in [0, 0.1) is 5.92 Å². The Bertz CT molecular complexity index is 567. The highest BCUT2D eigenvalue weighted by Crippen LogP contribution is 2.29. The Hall–Kier alpha value is -1.21. The van der Waals surface area contributed by atoms with E-state index in [-0.39, 0.29) is 11.8 Å². The lowest BCUT2D eigenvalue weighted by atomic mass is 9.89. The third-order valence-electron chi connectivity index (χ3n) is 5.33. The Balaban J connectivity index is 1.59. The molecular formula is C17H29N5OS. The van der Waals surface area contributed by atoms with E-state index in [1.165, 1.54) is 43.4 Å². The van der Waals surface area contributed by atoms with Crippen LogP contribution in [0.15, 0.2) is 0 Å². The number of carbonyl (C=O) groups excluding carboxylic acids is 1. The number of rotatable bonds is 4. The molecule has 1 aliphatic carbocycles. The molecule has 2 heterocycles. The van der Waals surface area contributed by atoms with E-state index in [2.05, 4.69) is 20.4 Å². The molecule has 1 atom stereocenters. The summed E-state index contributed by atoms with van der Waals surface area (Å²) in [5.41, 5.74) is 5.15. The number of nitrogens with zero attached hydrogens (tertiary/aromatic N) is 3. The SMILES string of the molecule is CC(C)(NC(=O)C1CCCN(C2CCCCC2)C1)c1nnc(N)s1. The van der Waals surface area contributed by atoms with E-state index in [0.717, 1.165) is 30.9 Å². The van der Waals surface area contributed by atoms with Crippen LogP contribution in [0.4, 0.5) is 5.13 Å². The fourth-order valence-corrected chi connectivity index (χ4v) is 4.62. The number of hydrogen-bond acceptors (Lipinski definition) is 6. The monoisotopic (exact) mass is 351 g/mol. The number of piperidine rings is 1. The maximum Gasteiger partial charge on any atom is 0.225 e. The largest absolute Gasteiger partial charge is 0.374 e. The van der Waals surface area contributed by atoms with Crippen molar-refractivity contribution in [3.05, 3.63) is 5.01 Å². The van der Waals surface area contributed by atoms with Gasteiger partial charge in [0.1, 0.15) is 5.01 Å². The highest BCUT2D eigenvalue weighted by Gasteiger charge is 2.34. The molecule has 1 saturated heterocycles. The van der Waals surface area contributed by atoms with Crippen molar-refractivity contribution in [2.24, 2.45) is 5.92 Å². The fourth-order valence-electron chi connectivity index (χ4n) is 3.95. The standard InChI is InChI=1S/C17H29N5OS/c1-17(2,15-20-21-16(18)24-15)19-14(23)12-7-6-10-22(11-12)13-8-4-3-5-9-13/h12-13H,3-11H2,1-2H3,(H2,18,21)(H,19,23). The summed E-state index contributed by atoms with van der Waals surface area (Å²) in [6.45, 7) is 5.97. The Labute approximate surface area is 148 Å². The van der Waals surface area contributed by atoms with Crippen molar-refractivity contribution in [2.75, 3.05) is 18.8 Å². The number of hydrogen-bond donors (Lipinski definition) is 2. The van der Waals surface area contributed by atoms with Gasteiger partial charge in [0.25, 0.3) is 0 Å². The van der Waals surface area contributed by atoms with E-state index in [1.54, 1.807) is 0 Å². The number of nitrogen functional groups attached to an aromatic ring is 1. The van der Waals surface area contributed by atoms with Crippen molar-refractivity contribution in [1.82, 2.24) is 20.4 Å². The lowest BCUT2D eigenvalue weighted by molar-refractivity contribution is -0.128. The van der Waals surface area contributed by atoms with Gasteiger partial charge in [0.15, 0.2) is 0 Å². The van der Waals surface area contributed by atoms with E-state index in [4.69, 9.17) is 5.73 Å². The zero-order chi connectivity index (χ0) is 17.2. The zero-order valence-electron chi connectivity index (χ0n) is 14.8. The normalized spacial score (nSPS) is 24.0. The number of anilines is 1. The summed E-state index contributed by atoms with van der Waals surface area (Å²) in [4.78, 5) is 15.4. The molecule has 0 aromatic carbocycles. The van der Waals surface area contributed by atoms with Gasteiger partial charge in [-0.1, -0.05) is 30.6 Å². The summed E-state index contributed by atoms with van der Waals surface area (Å²) in [6, 6.07) is 0.685. The number of likely N-dealkylation sites (tertiary alicyclic amines) is 1. The van der Waals surface area contributed by atoms with Gasteiger partial charge in [-0.15, -0.1) is 10.2 Å². The highest BCUT2D eigenvalue weighted by atomic mass is 32.1. The van der Waals surface area contributed by atoms with Crippen LogP contribution in [0.5, 0.6) is 0 Å². The number of aromatic nitrogens is 2. The molecule has 7 heteroatoms.